The molecule has 0 amide bonds. The molecule has 88 valence electrons. The minimum Gasteiger partial charge on any atom is -0.495 e. The molecule has 2 heteroatoms. The molecule has 1 aromatic rings. The van der Waals surface area contributed by atoms with Crippen LogP contribution in [0.3, 0.4) is 0 Å². The standard InChI is InChI=1S/C15H16O2/c1-2-3-11-17-15(14-10-7-12-16-14)13-8-5-4-6-9-13/h4-6,8-10,15H,7,11-12H2,1H3. The zero-order valence-electron chi connectivity index (χ0n) is 9.98. The lowest BCUT2D eigenvalue weighted by Gasteiger charge is -2.18. The molecule has 0 saturated heterocycles. The minimum atomic E-state index is -0.125. The van der Waals surface area contributed by atoms with Gasteiger partial charge in [0, 0.05) is 6.42 Å². The van der Waals surface area contributed by atoms with Gasteiger partial charge in [-0.1, -0.05) is 36.3 Å². The van der Waals surface area contributed by atoms with E-state index in [2.05, 4.69) is 17.9 Å². The molecule has 1 heterocycles. The van der Waals surface area contributed by atoms with E-state index in [1.807, 2.05) is 37.3 Å². The van der Waals surface area contributed by atoms with Crippen molar-refractivity contribution in [3.05, 3.63) is 47.7 Å². The highest BCUT2D eigenvalue weighted by atomic mass is 16.5. The number of benzene rings is 1. The summed E-state index contributed by atoms with van der Waals surface area (Å²) in [6, 6.07) is 10.1. The van der Waals surface area contributed by atoms with Gasteiger partial charge >= 0.3 is 0 Å². The molecule has 0 spiro atoms. The SMILES string of the molecule is CC#CCOC(C1=CCCO1)c1ccccc1. The Hall–Kier alpha value is -1.72. The summed E-state index contributed by atoms with van der Waals surface area (Å²) in [5, 5.41) is 0. The molecule has 2 rings (SSSR count). The van der Waals surface area contributed by atoms with Gasteiger partial charge in [0.05, 0.1) is 6.61 Å². The molecule has 17 heavy (non-hydrogen) atoms. The highest BCUT2D eigenvalue weighted by molar-refractivity contribution is 5.25. The lowest BCUT2D eigenvalue weighted by molar-refractivity contribution is 0.0550. The van der Waals surface area contributed by atoms with E-state index in [4.69, 9.17) is 9.47 Å². The summed E-state index contributed by atoms with van der Waals surface area (Å²) in [5.74, 6) is 6.66. The Morgan fingerprint density at radius 1 is 1.35 bits per heavy atom. The quantitative estimate of drug-likeness (QED) is 0.737. The van der Waals surface area contributed by atoms with Gasteiger partial charge in [0.15, 0.2) is 0 Å². The third kappa shape index (κ3) is 3.12. The highest BCUT2D eigenvalue weighted by Gasteiger charge is 2.20. The van der Waals surface area contributed by atoms with Crippen LogP contribution in [0.15, 0.2) is 42.2 Å². The maximum absolute atomic E-state index is 5.79. The maximum Gasteiger partial charge on any atom is 0.140 e. The molecule has 0 radical (unpaired) electrons. The van der Waals surface area contributed by atoms with Gasteiger partial charge in [0.2, 0.25) is 0 Å². The van der Waals surface area contributed by atoms with Crippen molar-refractivity contribution in [2.45, 2.75) is 19.4 Å². The maximum atomic E-state index is 5.79. The van der Waals surface area contributed by atoms with Crippen LogP contribution < -0.4 is 0 Å². The van der Waals surface area contributed by atoms with Crippen molar-refractivity contribution in [1.29, 1.82) is 0 Å². The van der Waals surface area contributed by atoms with E-state index in [9.17, 15) is 0 Å². The molecule has 1 unspecified atom stereocenters. The van der Waals surface area contributed by atoms with Gasteiger partial charge in [-0.3, -0.25) is 0 Å². The molecular formula is C15H16O2. The fourth-order valence-corrected chi connectivity index (χ4v) is 1.79. The summed E-state index contributed by atoms with van der Waals surface area (Å²) in [6.07, 6.45) is 2.93. The number of ether oxygens (including phenoxy) is 2. The average molecular weight is 228 g/mol. The molecule has 0 saturated carbocycles. The highest BCUT2D eigenvalue weighted by Crippen LogP contribution is 2.29. The van der Waals surface area contributed by atoms with Gasteiger partial charge in [-0.05, 0) is 18.6 Å². The van der Waals surface area contributed by atoms with Crippen LogP contribution in [-0.2, 0) is 9.47 Å². The molecule has 1 atom stereocenters. The molecule has 1 aliphatic rings. The number of rotatable bonds is 4. The topological polar surface area (TPSA) is 18.5 Å². The van der Waals surface area contributed by atoms with Crippen LogP contribution in [0, 0.1) is 11.8 Å². The molecule has 1 aliphatic heterocycles. The largest absolute Gasteiger partial charge is 0.495 e. The van der Waals surface area contributed by atoms with Crippen LogP contribution in [-0.4, -0.2) is 13.2 Å². The summed E-state index contributed by atoms with van der Waals surface area (Å²) in [7, 11) is 0. The van der Waals surface area contributed by atoms with Gasteiger partial charge in [-0.15, -0.1) is 5.92 Å². The van der Waals surface area contributed by atoms with Gasteiger partial charge in [-0.25, -0.2) is 0 Å². The first-order valence-corrected chi connectivity index (χ1v) is 5.81. The monoisotopic (exact) mass is 228 g/mol. The van der Waals surface area contributed by atoms with E-state index in [1.165, 1.54) is 0 Å². The lowest BCUT2D eigenvalue weighted by atomic mass is 10.1. The van der Waals surface area contributed by atoms with Gasteiger partial charge < -0.3 is 9.47 Å². The van der Waals surface area contributed by atoms with Crippen molar-refractivity contribution in [1.82, 2.24) is 0 Å². The predicted octanol–water partition coefficient (Wildman–Crippen LogP) is 3.07. The summed E-state index contributed by atoms with van der Waals surface area (Å²) in [5.41, 5.74) is 1.11. The van der Waals surface area contributed by atoms with E-state index < -0.39 is 0 Å². The van der Waals surface area contributed by atoms with E-state index in [-0.39, 0.29) is 6.10 Å². The zero-order valence-corrected chi connectivity index (χ0v) is 9.98. The summed E-state index contributed by atoms with van der Waals surface area (Å²) in [6.45, 7) is 2.99. The van der Waals surface area contributed by atoms with Crippen LogP contribution in [0.4, 0.5) is 0 Å². The van der Waals surface area contributed by atoms with Crippen LogP contribution in [0.1, 0.15) is 25.0 Å². The molecule has 0 fully saturated rings. The molecule has 0 aliphatic carbocycles. The summed E-state index contributed by atoms with van der Waals surface area (Å²) >= 11 is 0. The van der Waals surface area contributed by atoms with Gasteiger partial charge in [0.25, 0.3) is 0 Å². The van der Waals surface area contributed by atoms with Gasteiger partial charge in [0.1, 0.15) is 18.5 Å². The van der Waals surface area contributed by atoms with Crippen LogP contribution in [0.2, 0.25) is 0 Å². The van der Waals surface area contributed by atoms with Crippen molar-refractivity contribution in [2.24, 2.45) is 0 Å². The number of hydrogen-bond acceptors (Lipinski definition) is 2. The van der Waals surface area contributed by atoms with Crippen molar-refractivity contribution in [2.75, 3.05) is 13.2 Å². The zero-order chi connectivity index (χ0) is 11.9. The fraction of sp³-hybridized carbons (Fsp3) is 0.333. The van der Waals surface area contributed by atoms with E-state index in [1.54, 1.807) is 0 Å². The Bertz CT molecular complexity index is 437. The summed E-state index contributed by atoms with van der Waals surface area (Å²) in [4.78, 5) is 0. The van der Waals surface area contributed by atoms with Crippen molar-refractivity contribution >= 4 is 0 Å². The van der Waals surface area contributed by atoms with Crippen LogP contribution in [0.25, 0.3) is 0 Å². The first-order valence-electron chi connectivity index (χ1n) is 5.81. The molecular weight excluding hydrogens is 212 g/mol. The molecule has 0 aromatic heterocycles. The van der Waals surface area contributed by atoms with Gasteiger partial charge in [-0.2, -0.15) is 0 Å². The van der Waals surface area contributed by atoms with Crippen LogP contribution >= 0.6 is 0 Å². The van der Waals surface area contributed by atoms with E-state index >= 15 is 0 Å². The third-order valence-electron chi connectivity index (χ3n) is 2.59. The molecule has 0 N–H and O–H groups in total. The van der Waals surface area contributed by atoms with E-state index in [0.29, 0.717) is 6.61 Å². The van der Waals surface area contributed by atoms with Crippen LogP contribution in [0.5, 0.6) is 0 Å². The third-order valence-corrected chi connectivity index (χ3v) is 2.59. The first-order chi connectivity index (χ1) is 8.42. The Labute approximate surface area is 102 Å². The second-order valence-corrected chi connectivity index (χ2v) is 3.77. The summed E-state index contributed by atoms with van der Waals surface area (Å²) < 4.78 is 11.4. The fourth-order valence-electron chi connectivity index (χ4n) is 1.79. The second-order valence-electron chi connectivity index (χ2n) is 3.77. The van der Waals surface area contributed by atoms with Crippen molar-refractivity contribution < 1.29 is 9.47 Å². The Balaban J connectivity index is 2.14. The molecule has 2 nitrogen and oxygen atoms in total. The Kier molecular flexibility index (Phi) is 4.23. The molecule has 0 bridgehead atoms. The second kappa shape index (κ2) is 6.12. The smallest absolute Gasteiger partial charge is 0.140 e. The minimum absolute atomic E-state index is 0.125. The Morgan fingerprint density at radius 3 is 2.82 bits per heavy atom. The first kappa shape index (κ1) is 11.8. The van der Waals surface area contributed by atoms with E-state index in [0.717, 1.165) is 24.4 Å². The Morgan fingerprint density at radius 2 is 2.18 bits per heavy atom. The normalized spacial score (nSPS) is 15.5. The van der Waals surface area contributed by atoms with Crippen molar-refractivity contribution in [3.63, 3.8) is 0 Å². The molecule has 1 aromatic carbocycles. The lowest BCUT2D eigenvalue weighted by Crippen LogP contribution is -2.08. The predicted molar refractivity (Wildman–Crippen MR) is 67.2 cm³/mol. The number of hydrogen-bond donors (Lipinski definition) is 0. The van der Waals surface area contributed by atoms with Crippen molar-refractivity contribution in [3.8, 4) is 11.8 Å². The average Bonchev–Trinajstić information content (AvgIpc) is 2.89.